The summed E-state index contributed by atoms with van der Waals surface area (Å²) in [4.78, 5) is 37.7. The third-order valence-electron chi connectivity index (χ3n) is 2.21. The summed E-state index contributed by atoms with van der Waals surface area (Å²) in [5.41, 5.74) is -0.481. The molecule has 0 aliphatic heterocycles. The van der Waals surface area contributed by atoms with Crippen LogP contribution < -0.4 is 16.6 Å². The molecule has 2 aromatic rings. The van der Waals surface area contributed by atoms with E-state index in [4.69, 9.17) is 4.74 Å². The Morgan fingerprint density at radius 3 is 2.58 bits per heavy atom. The molecule has 7 nitrogen and oxygen atoms in total. The smallest absolute Gasteiger partial charge is 0.413 e. The Labute approximate surface area is 107 Å². The van der Waals surface area contributed by atoms with Gasteiger partial charge in [0.1, 0.15) is 12.4 Å². The maximum Gasteiger partial charge on any atom is 0.413 e. The molecule has 1 aromatic heterocycles. The van der Waals surface area contributed by atoms with Crippen molar-refractivity contribution in [3.63, 3.8) is 0 Å². The Balaban J connectivity index is 1.94. The normalized spacial score (nSPS) is 9.89. The molecule has 98 valence electrons. The van der Waals surface area contributed by atoms with Crippen LogP contribution in [0.1, 0.15) is 5.56 Å². The van der Waals surface area contributed by atoms with Gasteiger partial charge in [-0.15, -0.1) is 0 Å². The molecule has 0 spiro atoms. The van der Waals surface area contributed by atoms with Crippen molar-refractivity contribution in [2.24, 2.45) is 0 Å². The molecule has 0 aliphatic carbocycles. The van der Waals surface area contributed by atoms with E-state index in [0.717, 1.165) is 11.6 Å². The highest BCUT2D eigenvalue weighted by Gasteiger charge is 2.05. The summed E-state index contributed by atoms with van der Waals surface area (Å²) >= 11 is 0. The summed E-state index contributed by atoms with van der Waals surface area (Å²) in [6, 6.07) is 10.2. The van der Waals surface area contributed by atoms with Gasteiger partial charge in [-0.25, -0.2) is 9.59 Å². The van der Waals surface area contributed by atoms with Crippen molar-refractivity contribution in [3.05, 3.63) is 62.8 Å². The van der Waals surface area contributed by atoms with Gasteiger partial charge in [-0.1, -0.05) is 30.3 Å². The average molecular weight is 261 g/mol. The van der Waals surface area contributed by atoms with Crippen LogP contribution in [0.3, 0.4) is 0 Å². The number of carbonyl (C=O) groups is 1. The fourth-order valence-electron chi connectivity index (χ4n) is 1.41. The lowest BCUT2D eigenvalue weighted by Gasteiger charge is -2.06. The van der Waals surface area contributed by atoms with E-state index in [-0.39, 0.29) is 12.4 Å². The first-order chi connectivity index (χ1) is 9.13. The number of carbonyl (C=O) groups excluding carboxylic acids is 1. The van der Waals surface area contributed by atoms with Gasteiger partial charge < -0.3 is 4.74 Å². The zero-order chi connectivity index (χ0) is 13.7. The first-order valence-electron chi connectivity index (χ1n) is 5.45. The molecule has 7 heteroatoms. The van der Waals surface area contributed by atoms with E-state index < -0.39 is 17.3 Å². The zero-order valence-electron chi connectivity index (χ0n) is 9.80. The molecule has 2 rings (SSSR count). The fraction of sp³-hybridized carbons (Fsp3) is 0.0833. The van der Waals surface area contributed by atoms with E-state index in [1.807, 2.05) is 35.3 Å². The van der Waals surface area contributed by atoms with Gasteiger partial charge in [-0.2, -0.15) is 0 Å². The first kappa shape index (κ1) is 12.6. The number of ether oxygens (including phenoxy) is 1. The molecule has 1 heterocycles. The standard InChI is InChI=1S/C12H11N3O4/c16-10-6-9(13-11(17)15-10)14-12(18)19-7-8-4-2-1-3-5-8/h1-6H,7H2,(H3,13,14,15,16,17,18). The monoisotopic (exact) mass is 261 g/mol. The third-order valence-corrected chi connectivity index (χ3v) is 2.21. The van der Waals surface area contributed by atoms with Gasteiger partial charge in [0.2, 0.25) is 0 Å². The van der Waals surface area contributed by atoms with Crippen molar-refractivity contribution in [2.75, 3.05) is 5.32 Å². The SMILES string of the molecule is O=C(Nc1cc(=O)[nH]c(=O)[nH]1)OCc1ccccc1. The molecule has 0 aliphatic rings. The molecule has 0 saturated heterocycles. The Morgan fingerprint density at radius 1 is 1.16 bits per heavy atom. The molecular formula is C12H11N3O4. The average Bonchev–Trinajstić information content (AvgIpc) is 2.36. The Bertz CT molecular complexity index is 647. The van der Waals surface area contributed by atoms with Crippen molar-refractivity contribution >= 4 is 11.9 Å². The highest BCUT2D eigenvalue weighted by Crippen LogP contribution is 2.02. The van der Waals surface area contributed by atoms with Crippen LogP contribution in [-0.4, -0.2) is 16.1 Å². The summed E-state index contributed by atoms with van der Waals surface area (Å²) in [6.45, 7) is 0.0973. The predicted octanol–water partition coefficient (Wildman–Crippen LogP) is 0.812. The van der Waals surface area contributed by atoms with Gasteiger partial charge in [0, 0.05) is 6.07 Å². The van der Waals surface area contributed by atoms with Crippen LogP contribution in [0.5, 0.6) is 0 Å². The van der Waals surface area contributed by atoms with Gasteiger partial charge in [-0.3, -0.25) is 20.1 Å². The second-order valence-corrected chi connectivity index (χ2v) is 3.69. The maximum absolute atomic E-state index is 11.4. The Hall–Kier alpha value is -2.83. The number of rotatable bonds is 3. The van der Waals surface area contributed by atoms with Crippen molar-refractivity contribution in [1.29, 1.82) is 0 Å². The second-order valence-electron chi connectivity index (χ2n) is 3.69. The lowest BCUT2D eigenvalue weighted by atomic mass is 10.2. The minimum Gasteiger partial charge on any atom is -0.444 e. The van der Waals surface area contributed by atoms with E-state index in [9.17, 15) is 14.4 Å². The van der Waals surface area contributed by atoms with E-state index in [1.54, 1.807) is 0 Å². The van der Waals surface area contributed by atoms with Crippen LogP contribution in [0.2, 0.25) is 0 Å². The number of hydrogen-bond donors (Lipinski definition) is 3. The van der Waals surface area contributed by atoms with Crippen molar-refractivity contribution in [2.45, 2.75) is 6.61 Å². The summed E-state index contributed by atoms with van der Waals surface area (Å²) in [5.74, 6) is -0.0215. The number of benzene rings is 1. The Kier molecular flexibility index (Phi) is 3.77. The van der Waals surface area contributed by atoms with E-state index in [2.05, 4.69) is 10.3 Å². The molecular weight excluding hydrogens is 250 g/mol. The molecule has 3 N–H and O–H groups in total. The fourth-order valence-corrected chi connectivity index (χ4v) is 1.41. The molecule has 0 radical (unpaired) electrons. The molecule has 1 aromatic carbocycles. The lowest BCUT2D eigenvalue weighted by molar-refractivity contribution is 0.155. The number of aromatic amines is 2. The number of hydrogen-bond acceptors (Lipinski definition) is 4. The molecule has 0 atom stereocenters. The summed E-state index contributed by atoms with van der Waals surface area (Å²) < 4.78 is 4.93. The highest BCUT2D eigenvalue weighted by atomic mass is 16.5. The van der Waals surface area contributed by atoms with Gasteiger partial charge in [0.15, 0.2) is 0 Å². The zero-order valence-corrected chi connectivity index (χ0v) is 9.80. The van der Waals surface area contributed by atoms with Crippen LogP contribution in [0.25, 0.3) is 0 Å². The minimum absolute atomic E-state index is 0.0215. The minimum atomic E-state index is -0.759. The maximum atomic E-state index is 11.4. The van der Waals surface area contributed by atoms with Crippen LogP contribution in [0.4, 0.5) is 10.6 Å². The lowest BCUT2D eigenvalue weighted by Crippen LogP contribution is -2.25. The number of aromatic nitrogens is 2. The van der Waals surface area contributed by atoms with Crippen LogP contribution in [-0.2, 0) is 11.3 Å². The van der Waals surface area contributed by atoms with E-state index in [0.29, 0.717) is 0 Å². The van der Waals surface area contributed by atoms with E-state index >= 15 is 0 Å². The van der Waals surface area contributed by atoms with Crippen molar-refractivity contribution in [3.8, 4) is 0 Å². The van der Waals surface area contributed by atoms with Crippen LogP contribution in [0, 0.1) is 0 Å². The number of amides is 1. The van der Waals surface area contributed by atoms with Crippen LogP contribution in [0.15, 0.2) is 46.0 Å². The molecule has 0 saturated carbocycles. The number of nitrogens with one attached hydrogen (secondary N) is 3. The van der Waals surface area contributed by atoms with Gasteiger partial charge in [-0.05, 0) is 5.56 Å². The molecule has 1 amide bonds. The largest absolute Gasteiger partial charge is 0.444 e. The van der Waals surface area contributed by atoms with Gasteiger partial charge >= 0.3 is 11.8 Å². The van der Waals surface area contributed by atoms with Crippen molar-refractivity contribution in [1.82, 2.24) is 9.97 Å². The van der Waals surface area contributed by atoms with Crippen LogP contribution >= 0.6 is 0 Å². The van der Waals surface area contributed by atoms with Gasteiger partial charge in [0.05, 0.1) is 0 Å². The van der Waals surface area contributed by atoms with Gasteiger partial charge in [0.25, 0.3) is 5.56 Å². The molecule has 0 bridgehead atoms. The second kappa shape index (κ2) is 5.67. The number of H-pyrrole nitrogens is 2. The predicted molar refractivity (Wildman–Crippen MR) is 67.9 cm³/mol. The number of anilines is 1. The topological polar surface area (TPSA) is 104 Å². The third kappa shape index (κ3) is 3.84. The molecule has 19 heavy (non-hydrogen) atoms. The summed E-state index contributed by atoms with van der Waals surface area (Å²) in [6.07, 6.45) is -0.759. The highest BCUT2D eigenvalue weighted by molar-refractivity contribution is 5.83. The van der Waals surface area contributed by atoms with Crippen molar-refractivity contribution < 1.29 is 9.53 Å². The van der Waals surface area contributed by atoms with E-state index in [1.165, 1.54) is 0 Å². The summed E-state index contributed by atoms with van der Waals surface area (Å²) in [5, 5.41) is 2.26. The quantitative estimate of drug-likeness (QED) is 0.760. The first-order valence-corrected chi connectivity index (χ1v) is 5.45. The molecule has 0 unspecified atom stereocenters. The Morgan fingerprint density at radius 2 is 1.89 bits per heavy atom. The molecule has 0 fully saturated rings. The summed E-state index contributed by atoms with van der Waals surface area (Å²) in [7, 11) is 0.